The Bertz CT molecular complexity index is 942. The van der Waals surface area contributed by atoms with E-state index < -0.39 is 11.9 Å². The van der Waals surface area contributed by atoms with E-state index in [0.717, 1.165) is 15.7 Å². The molecule has 0 bridgehead atoms. The third-order valence-corrected chi connectivity index (χ3v) is 4.74. The number of hydrogen-bond acceptors (Lipinski definition) is 2. The normalized spacial score (nSPS) is 16.3. The summed E-state index contributed by atoms with van der Waals surface area (Å²) in [6.45, 7) is 0. The zero-order chi connectivity index (χ0) is 17.4. The maximum Gasteiger partial charge on any atom is 0.258 e. The Kier molecular flexibility index (Phi) is 4.01. The molecule has 3 aromatic carbocycles. The Labute approximate surface area is 153 Å². The van der Waals surface area contributed by atoms with Crippen molar-refractivity contribution in [2.45, 2.75) is 6.04 Å². The highest BCUT2D eigenvalue weighted by Gasteiger charge is 2.35. The molecule has 4 rings (SSSR count). The molecule has 0 saturated carbocycles. The van der Waals surface area contributed by atoms with Crippen LogP contribution in [0.4, 0.5) is 21.5 Å². The van der Waals surface area contributed by atoms with E-state index >= 15 is 0 Å². The van der Waals surface area contributed by atoms with Gasteiger partial charge in [0.15, 0.2) is 0 Å². The average molecular weight is 397 g/mol. The van der Waals surface area contributed by atoms with Crippen molar-refractivity contribution in [1.29, 1.82) is 0 Å². The van der Waals surface area contributed by atoms with Gasteiger partial charge in [-0.1, -0.05) is 52.3 Å². The number of fused-ring (bicyclic) bond motifs is 1. The van der Waals surface area contributed by atoms with Crippen molar-refractivity contribution in [3.63, 3.8) is 0 Å². The van der Waals surface area contributed by atoms with Crippen molar-refractivity contribution >= 4 is 38.9 Å². The number of benzene rings is 3. The number of nitrogens with zero attached hydrogens (tertiary/aromatic N) is 1. The van der Waals surface area contributed by atoms with Gasteiger partial charge in [-0.3, -0.25) is 9.69 Å². The largest absolute Gasteiger partial charge is 0.368 e. The quantitative estimate of drug-likeness (QED) is 0.626. The van der Waals surface area contributed by atoms with Crippen LogP contribution in [0.5, 0.6) is 0 Å². The molecule has 0 spiro atoms. The van der Waals surface area contributed by atoms with Crippen LogP contribution in [0.2, 0.25) is 0 Å². The summed E-state index contributed by atoms with van der Waals surface area (Å²) in [5, 5.41) is 3.27. The molecule has 0 fully saturated rings. The molecule has 25 heavy (non-hydrogen) atoms. The van der Waals surface area contributed by atoms with Crippen LogP contribution in [0.25, 0.3) is 0 Å². The fourth-order valence-corrected chi connectivity index (χ4v) is 3.28. The topological polar surface area (TPSA) is 32.3 Å². The van der Waals surface area contributed by atoms with Gasteiger partial charge in [0.05, 0.1) is 17.1 Å². The summed E-state index contributed by atoms with van der Waals surface area (Å²) < 4.78 is 15.3. The fourth-order valence-electron chi connectivity index (χ4n) is 3.02. The second-order valence-corrected chi connectivity index (χ2v) is 6.69. The fraction of sp³-hybridized carbons (Fsp3) is 0.0500. The highest BCUT2D eigenvalue weighted by molar-refractivity contribution is 9.10. The molecule has 1 atom stereocenters. The molecule has 1 heterocycles. The Balaban J connectivity index is 1.86. The summed E-state index contributed by atoms with van der Waals surface area (Å²) >= 11 is 3.40. The number of halogens is 2. The Morgan fingerprint density at radius 1 is 0.880 bits per heavy atom. The number of rotatable bonds is 2. The number of carbonyl (C=O) groups is 1. The summed E-state index contributed by atoms with van der Waals surface area (Å²) in [5.74, 6) is -0.645. The minimum Gasteiger partial charge on any atom is -0.368 e. The van der Waals surface area contributed by atoms with Gasteiger partial charge in [0, 0.05) is 4.47 Å². The van der Waals surface area contributed by atoms with E-state index in [9.17, 15) is 9.18 Å². The van der Waals surface area contributed by atoms with Gasteiger partial charge in [-0.05, 0) is 42.0 Å². The van der Waals surface area contributed by atoms with E-state index in [1.165, 1.54) is 11.0 Å². The average Bonchev–Trinajstić information content (AvgIpc) is 2.63. The first kappa shape index (κ1) is 15.8. The number of nitrogens with one attached hydrogen (secondary N) is 1. The summed E-state index contributed by atoms with van der Waals surface area (Å²) in [5.41, 5.74) is 2.51. The maximum atomic E-state index is 14.4. The molecule has 0 radical (unpaired) electrons. The second-order valence-electron chi connectivity index (χ2n) is 5.77. The Hall–Kier alpha value is -2.66. The lowest BCUT2D eigenvalue weighted by Gasteiger charge is -2.35. The van der Waals surface area contributed by atoms with E-state index in [0.29, 0.717) is 5.69 Å². The summed E-state index contributed by atoms with van der Waals surface area (Å²) in [6.07, 6.45) is 0. The number of anilines is 3. The van der Waals surface area contributed by atoms with Crippen LogP contribution in [-0.2, 0) is 4.79 Å². The van der Waals surface area contributed by atoms with Crippen molar-refractivity contribution in [2.24, 2.45) is 0 Å². The SMILES string of the molecule is O=C1C(c2ccc(Br)cc2)Nc2ccccc2N1c1ccccc1F. The van der Waals surface area contributed by atoms with Crippen LogP contribution in [-0.4, -0.2) is 5.91 Å². The van der Waals surface area contributed by atoms with Crippen LogP contribution in [0.3, 0.4) is 0 Å². The first-order valence-corrected chi connectivity index (χ1v) is 8.64. The molecule has 3 nitrogen and oxygen atoms in total. The van der Waals surface area contributed by atoms with Crippen molar-refractivity contribution in [3.05, 3.63) is 88.6 Å². The van der Waals surface area contributed by atoms with E-state index in [-0.39, 0.29) is 11.6 Å². The van der Waals surface area contributed by atoms with Crippen LogP contribution in [0.1, 0.15) is 11.6 Å². The lowest BCUT2D eigenvalue weighted by Crippen LogP contribution is -2.39. The Morgan fingerprint density at radius 3 is 2.24 bits per heavy atom. The zero-order valence-corrected chi connectivity index (χ0v) is 14.7. The van der Waals surface area contributed by atoms with Gasteiger partial charge >= 0.3 is 0 Å². The van der Waals surface area contributed by atoms with E-state index in [4.69, 9.17) is 0 Å². The van der Waals surface area contributed by atoms with Gasteiger partial charge < -0.3 is 5.32 Å². The molecule has 1 unspecified atom stereocenters. The maximum absolute atomic E-state index is 14.4. The highest BCUT2D eigenvalue weighted by Crippen LogP contribution is 2.41. The smallest absolute Gasteiger partial charge is 0.258 e. The minimum atomic E-state index is -0.581. The number of amides is 1. The van der Waals surface area contributed by atoms with Gasteiger partial charge in [-0.2, -0.15) is 0 Å². The molecule has 124 valence electrons. The molecule has 1 N–H and O–H groups in total. The third-order valence-electron chi connectivity index (χ3n) is 4.21. The van der Waals surface area contributed by atoms with Gasteiger partial charge in [-0.25, -0.2) is 4.39 Å². The van der Waals surface area contributed by atoms with Crippen LogP contribution in [0.15, 0.2) is 77.3 Å². The zero-order valence-electron chi connectivity index (χ0n) is 13.1. The summed E-state index contributed by atoms with van der Waals surface area (Å²) in [7, 11) is 0. The van der Waals surface area contributed by atoms with E-state index in [2.05, 4.69) is 21.2 Å². The predicted octanol–water partition coefficient (Wildman–Crippen LogP) is 5.42. The molecular formula is C20H14BrFN2O. The first-order valence-electron chi connectivity index (χ1n) is 7.85. The molecule has 1 aliphatic heterocycles. The van der Waals surface area contributed by atoms with Crippen molar-refractivity contribution < 1.29 is 9.18 Å². The lowest BCUT2D eigenvalue weighted by molar-refractivity contribution is -0.119. The lowest BCUT2D eigenvalue weighted by atomic mass is 10.0. The summed E-state index contributed by atoms with van der Waals surface area (Å²) in [4.78, 5) is 14.7. The van der Waals surface area contributed by atoms with Crippen molar-refractivity contribution in [2.75, 3.05) is 10.2 Å². The van der Waals surface area contributed by atoms with Gasteiger partial charge in [0.2, 0.25) is 0 Å². The van der Waals surface area contributed by atoms with E-state index in [1.807, 2.05) is 48.5 Å². The predicted molar refractivity (Wildman–Crippen MR) is 100 cm³/mol. The molecule has 1 amide bonds. The molecule has 3 aromatic rings. The molecule has 0 aromatic heterocycles. The van der Waals surface area contributed by atoms with Crippen molar-refractivity contribution in [1.82, 2.24) is 0 Å². The van der Waals surface area contributed by atoms with Gasteiger partial charge in [-0.15, -0.1) is 0 Å². The second kappa shape index (κ2) is 6.33. The molecular weight excluding hydrogens is 383 g/mol. The Morgan fingerprint density at radius 2 is 1.52 bits per heavy atom. The van der Waals surface area contributed by atoms with Crippen LogP contribution < -0.4 is 10.2 Å². The van der Waals surface area contributed by atoms with Gasteiger partial charge in [0.25, 0.3) is 5.91 Å². The highest BCUT2D eigenvalue weighted by atomic mass is 79.9. The number of hydrogen-bond donors (Lipinski definition) is 1. The van der Waals surface area contributed by atoms with Gasteiger partial charge in [0.1, 0.15) is 11.9 Å². The van der Waals surface area contributed by atoms with E-state index in [1.54, 1.807) is 18.2 Å². The third kappa shape index (κ3) is 2.81. The summed E-state index contributed by atoms with van der Waals surface area (Å²) in [6, 6.07) is 20.7. The van der Waals surface area contributed by atoms with Crippen molar-refractivity contribution in [3.8, 4) is 0 Å². The first-order chi connectivity index (χ1) is 12.1. The van der Waals surface area contributed by atoms with Crippen LogP contribution in [0, 0.1) is 5.82 Å². The minimum absolute atomic E-state index is 0.217. The van der Waals surface area contributed by atoms with Crippen LogP contribution >= 0.6 is 15.9 Å². The molecule has 0 saturated heterocycles. The standard InChI is InChI=1S/C20H14BrFN2O/c21-14-11-9-13(10-12-14)19-20(25)24(17-7-3-1-5-15(17)22)18-8-4-2-6-16(18)23-19/h1-12,19,23H. The molecule has 0 aliphatic carbocycles. The number of para-hydroxylation sites is 3. The monoisotopic (exact) mass is 396 g/mol. The number of carbonyl (C=O) groups excluding carboxylic acids is 1. The molecule has 5 heteroatoms. The molecule has 1 aliphatic rings.